The average Bonchev–Trinajstić information content (AvgIpc) is 2.62. The molecular weight excluding hydrogens is 290 g/mol. The fourth-order valence-corrected chi connectivity index (χ4v) is 2.06. The fraction of sp³-hybridized carbons (Fsp3) is 0.0556. The number of hydrogen-bond donors (Lipinski definition) is 1. The van der Waals surface area contributed by atoms with E-state index in [1.807, 2.05) is 54.6 Å². The van der Waals surface area contributed by atoms with E-state index in [9.17, 15) is 4.79 Å². The van der Waals surface area contributed by atoms with Crippen LogP contribution in [0.15, 0.2) is 73.1 Å². The van der Waals surface area contributed by atoms with E-state index >= 15 is 0 Å². The van der Waals surface area contributed by atoms with Crippen LogP contribution in [0.1, 0.15) is 5.56 Å². The van der Waals surface area contributed by atoms with Gasteiger partial charge < -0.3 is 4.74 Å². The van der Waals surface area contributed by atoms with E-state index in [0.29, 0.717) is 5.82 Å². The highest BCUT2D eigenvalue weighted by atomic mass is 16.5. The van der Waals surface area contributed by atoms with Crippen LogP contribution in [0.2, 0.25) is 0 Å². The molecule has 1 N–H and O–H groups in total. The van der Waals surface area contributed by atoms with Crippen molar-refractivity contribution < 1.29 is 9.53 Å². The highest BCUT2D eigenvalue weighted by Crippen LogP contribution is 2.18. The Hall–Kier alpha value is -3.21. The van der Waals surface area contributed by atoms with Gasteiger partial charge in [-0.1, -0.05) is 36.4 Å². The molecule has 5 nitrogen and oxygen atoms in total. The van der Waals surface area contributed by atoms with Crippen LogP contribution in [-0.2, 0) is 11.3 Å². The second-order valence-corrected chi connectivity index (χ2v) is 4.83. The standard InChI is InChI=1S/C18H15N3O2/c22-18(23-13-14-6-2-1-3-7-14)21-17-12-15(9-11-20-17)16-8-4-5-10-19-16/h1-12H,13H2,(H,20,21,22). The molecule has 0 aliphatic carbocycles. The number of amides is 1. The van der Waals surface area contributed by atoms with E-state index in [1.54, 1.807) is 18.5 Å². The summed E-state index contributed by atoms with van der Waals surface area (Å²) < 4.78 is 5.17. The number of carbonyl (C=O) groups is 1. The molecule has 1 aromatic carbocycles. The SMILES string of the molecule is O=C(Nc1cc(-c2ccccn2)ccn1)OCc1ccccc1. The third-order valence-electron chi connectivity index (χ3n) is 3.16. The van der Waals surface area contributed by atoms with E-state index in [1.165, 1.54) is 0 Å². The number of ether oxygens (including phenoxy) is 1. The zero-order valence-electron chi connectivity index (χ0n) is 12.3. The van der Waals surface area contributed by atoms with Crippen LogP contribution in [-0.4, -0.2) is 16.1 Å². The van der Waals surface area contributed by atoms with Crippen molar-refractivity contribution in [2.75, 3.05) is 5.32 Å². The lowest BCUT2D eigenvalue weighted by Crippen LogP contribution is -2.14. The Kier molecular flexibility index (Phi) is 4.59. The van der Waals surface area contributed by atoms with Gasteiger partial charge in [0.15, 0.2) is 0 Å². The average molecular weight is 305 g/mol. The number of pyridine rings is 2. The Bertz CT molecular complexity index is 777. The van der Waals surface area contributed by atoms with Gasteiger partial charge in [0, 0.05) is 18.0 Å². The summed E-state index contributed by atoms with van der Waals surface area (Å²) in [6.45, 7) is 0.215. The molecule has 0 saturated carbocycles. The molecule has 0 spiro atoms. The van der Waals surface area contributed by atoms with Crippen LogP contribution in [0.25, 0.3) is 11.3 Å². The van der Waals surface area contributed by atoms with Gasteiger partial charge in [0.05, 0.1) is 5.69 Å². The minimum atomic E-state index is -0.542. The highest BCUT2D eigenvalue weighted by Gasteiger charge is 2.06. The first-order chi connectivity index (χ1) is 11.3. The molecule has 0 bridgehead atoms. The van der Waals surface area contributed by atoms with E-state index in [2.05, 4.69) is 15.3 Å². The minimum Gasteiger partial charge on any atom is -0.444 e. The fourth-order valence-electron chi connectivity index (χ4n) is 2.06. The normalized spacial score (nSPS) is 10.1. The summed E-state index contributed by atoms with van der Waals surface area (Å²) in [6, 6.07) is 18.7. The predicted molar refractivity (Wildman–Crippen MR) is 87.7 cm³/mol. The largest absolute Gasteiger partial charge is 0.444 e. The number of benzene rings is 1. The quantitative estimate of drug-likeness (QED) is 0.794. The number of hydrogen-bond acceptors (Lipinski definition) is 4. The van der Waals surface area contributed by atoms with Crippen LogP contribution in [0.3, 0.4) is 0 Å². The molecule has 0 aliphatic rings. The first kappa shape index (κ1) is 14.7. The number of nitrogens with one attached hydrogen (secondary N) is 1. The predicted octanol–water partition coefficient (Wildman–Crippen LogP) is 3.89. The number of aromatic nitrogens is 2. The molecule has 114 valence electrons. The number of carbonyl (C=O) groups excluding carboxylic acids is 1. The van der Waals surface area contributed by atoms with Crippen molar-refractivity contribution in [3.05, 3.63) is 78.6 Å². The third kappa shape index (κ3) is 4.14. The Morgan fingerprint density at radius 2 is 1.78 bits per heavy atom. The van der Waals surface area contributed by atoms with Gasteiger partial charge in [0.2, 0.25) is 0 Å². The van der Waals surface area contributed by atoms with Gasteiger partial charge in [0.1, 0.15) is 12.4 Å². The van der Waals surface area contributed by atoms with Crippen molar-refractivity contribution in [2.24, 2.45) is 0 Å². The number of anilines is 1. The third-order valence-corrected chi connectivity index (χ3v) is 3.16. The van der Waals surface area contributed by atoms with Crippen molar-refractivity contribution in [2.45, 2.75) is 6.61 Å². The van der Waals surface area contributed by atoms with Gasteiger partial charge in [-0.3, -0.25) is 10.3 Å². The molecule has 23 heavy (non-hydrogen) atoms. The minimum absolute atomic E-state index is 0.215. The summed E-state index contributed by atoms with van der Waals surface area (Å²) in [5, 5.41) is 2.62. The van der Waals surface area contributed by atoms with Gasteiger partial charge >= 0.3 is 6.09 Å². The second kappa shape index (κ2) is 7.17. The molecule has 3 aromatic rings. The topological polar surface area (TPSA) is 64.1 Å². The summed E-state index contributed by atoms with van der Waals surface area (Å²) in [7, 11) is 0. The molecule has 0 unspecified atom stereocenters. The zero-order valence-corrected chi connectivity index (χ0v) is 12.3. The number of rotatable bonds is 4. The van der Waals surface area contributed by atoms with Gasteiger partial charge in [-0.15, -0.1) is 0 Å². The van der Waals surface area contributed by atoms with Gasteiger partial charge in [-0.05, 0) is 29.8 Å². The Balaban J connectivity index is 1.63. The van der Waals surface area contributed by atoms with Crippen LogP contribution in [0, 0.1) is 0 Å². The molecule has 2 aromatic heterocycles. The summed E-state index contributed by atoms with van der Waals surface area (Å²) >= 11 is 0. The Morgan fingerprint density at radius 1 is 0.957 bits per heavy atom. The van der Waals surface area contributed by atoms with Crippen molar-refractivity contribution in [3.8, 4) is 11.3 Å². The van der Waals surface area contributed by atoms with E-state index in [4.69, 9.17) is 4.74 Å². The van der Waals surface area contributed by atoms with Gasteiger partial charge in [-0.2, -0.15) is 0 Å². The van der Waals surface area contributed by atoms with Gasteiger partial charge in [-0.25, -0.2) is 9.78 Å². The van der Waals surface area contributed by atoms with Crippen molar-refractivity contribution in [1.82, 2.24) is 9.97 Å². The molecule has 0 fully saturated rings. The first-order valence-corrected chi connectivity index (χ1v) is 7.16. The molecule has 5 heteroatoms. The van der Waals surface area contributed by atoms with Crippen molar-refractivity contribution in [3.63, 3.8) is 0 Å². The molecule has 0 atom stereocenters. The summed E-state index contributed by atoms with van der Waals surface area (Å²) in [5.41, 5.74) is 2.62. The summed E-state index contributed by atoms with van der Waals surface area (Å²) in [5.74, 6) is 0.422. The maximum Gasteiger partial charge on any atom is 0.413 e. The van der Waals surface area contributed by atoms with Crippen LogP contribution >= 0.6 is 0 Å². The lowest BCUT2D eigenvalue weighted by Gasteiger charge is -2.07. The van der Waals surface area contributed by atoms with E-state index in [-0.39, 0.29) is 6.61 Å². The lowest BCUT2D eigenvalue weighted by molar-refractivity contribution is 0.155. The monoisotopic (exact) mass is 305 g/mol. The molecule has 0 aliphatic heterocycles. The molecule has 2 heterocycles. The maximum absolute atomic E-state index is 11.8. The van der Waals surface area contributed by atoms with Crippen LogP contribution in [0.4, 0.5) is 10.6 Å². The summed E-state index contributed by atoms with van der Waals surface area (Å²) in [4.78, 5) is 20.2. The van der Waals surface area contributed by atoms with Crippen LogP contribution in [0.5, 0.6) is 0 Å². The number of nitrogens with zero attached hydrogens (tertiary/aromatic N) is 2. The Labute approximate surface area is 134 Å². The molecular formula is C18H15N3O2. The lowest BCUT2D eigenvalue weighted by atomic mass is 10.2. The second-order valence-electron chi connectivity index (χ2n) is 4.83. The van der Waals surface area contributed by atoms with E-state index in [0.717, 1.165) is 16.8 Å². The summed E-state index contributed by atoms with van der Waals surface area (Å²) in [6.07, 6.45) is 2.80. The molecule has 0 saturated heterocycles. The zero-order chi connectivity index (χ0) is 15.9. The van der Waals surface area contributed by atoms with E-state index < -0.39 is 6.09 Å². The van der Waals surface area contributed by atoms with Gasteiger partial charge in [0.25, 0.3) is 0 Å². The smallest absolute Gasteiger partial charge is 0.413 e. The first-order valence-electron chi connectivity index (χ1n) is 7.16. The molecule has 3 rings (SSSR count). The Morgan fingerprint density at radius 3 is 2.57 bits per heavy atom. The highest BCUT2D eigenvalue weighted by molar-refractivity contribution is 5.84. The molecule has 0 radical (unpaired) electrons. The van der Waals surface area contributed by atoms with Crippen LogP contribution < -0.4 is 5.32 Å². The molecule has 1 amide bonds. The maximum atomic E-state index is 11.8. The van der Waals surface area contributed by atoms with Crippen molar-refractivity contribution >= 4 is 11.9 Å². The van der Waals surface area contributed by atoms with Crippen molar-refractivity contribution in [1.29, 1.82) is 0 Å².